The van der Waals surface area contributed by atoms with Crippen LogP contribution in [0.15, 0.2) is 23.1 Å². The minimum atomic E-state index is -3.57. The maximum atomic E-state index is 12.5. The maximum Gasteiger partial charge on any atom is 0.242 e. The highest BCUT2D eigenvalue weighted by Crippen LogP contribution is 2.65. The van der Waals surface area contributed by atoms with Gasteiger partial charge in [-0.25, -0.2) is 13.1 Å². The van der Waals surface area contributed by atoms with Crippen molar-refractivity contribution in [2.24, 2.45) is 23.7 Å². The molecule has 0 spiro atoms. The van der Waals surface area contributed by atoms with Crippen LogP contribution in [0.2, 0.25) is 5.02 Å². The molecule has 1 aromatic rings. The summed E-state index contributed by atoms with van der Waals surface area (Å²) in [6, 6.07) is 4.67. The lowest BCUT2D eigenvalue weighted by atomic mass is 10.0. The molecule has 3 aliphatic rings. The molecule has 4 nitrogen and oxygen atoms in total. The van der Waals surface area contributed by atoms with E-state index in [1.54, 1.807) is 6.07 Å². The number of sulfonamides is 1. The Morgan fingerprint density at radius 3 is 2.50 bits per heavy atom. The fourth-order valence-electron chi connectivity index (χ4n) is 4.47. The van der Waals surface area contributed by atoms with E-state index in [0.29, 0.717) is 16.9 Å². The number of nitrogens with two attached hydrogens (primary N) is 1. The van der Waals surface area contributed by atoms with Crippen molar-refractivity contribution in [3.63, 3.8) is 0 Å². The number of rotatable bonds is 3. The molecule has 3 N–H and O–H groups in total. The lowest BCUT2D eigenvalue weighted by molar-refractivity contribution is 0.456. The Bertz CT molecular complexity index is 660. The number of halogens is 1. The standard InChI is InChI=1S/C14H17ClN2O2S/c15-9-3-4-10(16)11(6-9)20(18,19)17-14-12-7-1-2-8(5-7)13(12)14/h3-4,6-8,12-14,17H,1-2,5,16H2. The van der Waals surface area contributed by atoms with Crippen LogP contribution in [0.5, 0.6) is 0 Å². The zero-order valence-corrected chi connectivity index (χ0v) is 12.5. The van der Waals surface area contributed by atoms with Crippen LogP contribution < -0.4 is 10.5 Å². The number of fused-ring (bicyclic) bond motifs is 5. The average Bonchev–Trinajstić information content (AvgIpc) is 2.81. The van der Waals surface area contributed by atoms with Gasteiger partial charge in [0, 0.05) is 11.1 Å². The van der Waals surface area contributed by atoms with Crippen LogP contribution in [0.4, 0.5) is 5.69 Å². The normalized spacial score (nSPS) is 38.0. The van der Waals surface area contributed by atoms with Crippen molar-refractivity contribution in [3.05, 3.63) is 23.2 Å². The Hall–Kier alpha value is -0.780. The van der Waals surface area contributed by atoms with Gasteiger partial charge in [-0.1, -0.05) is 11.6 Å². The smallest absolute Gasteiger partial charge is 0.242 e. The summed E-state index contributed by atoms with van der Waals surface area (Å²) in [5.41, 5.74) is 6.02. The Labute approximate surface area is 123 Å². The van der Waals surface area contributed by atoms with Crippen LogP contribution in [-0.4, -0.2) is 14.5 Å². The van der Waals surface area contributed by atoms with Gasteiger partial charge in [-0.05, 0) is 61.1 Å². The topological polar surface area (TPSA) is 72.2 Å². The van der Waals surface area contributed by atoms with E-state index in [4.69, 9.17) is 17.3 Å². The van der Waals surface area contributed by atoms with E-state index >= 15 is 0 Å². The molecule has 108 valence electrons. The Kier molecular flexibility index (Phi) is 2.66. The number of benzene rings is 1. The van der Waals surface area contributed by atoms with Gasteiger partial charge in [-0.2, -0.15) is 0 Å². The highest BCUT2D eigenvalue weighted by molar-refractivity contribution is 7.89. The molecule has 0 heterocycles. The van der Waals surface area contributed by atoms with Gasteiger partial charge >= 0.3 is 0 Å². The van der Waals surface area contributed by atoms with Gasteiger partial charge in [0.2, 0.25) is 10.0 Å². The van der Waals surface area contributed by atoms with E-state index < -0.39 is 10.0 Å². The van der Waals surface area contributed by atoms with Gasteiger partial charge in [0.25, 0.3) is 0 Å². The first kappa shape index (κ1) is 12.9. The van der Waals surface area contributed by atoms with Crippen LogP contribution in [0, 0.1) is 23.7 Å². The summed E-state index contributed by atoms with van der Waals surface area (Å²) in [5, 5.41) is 0.385. The molecule has 3 saturated carbocycles. The molecule has 0 radical (unpaired) electrons. The van der Waals surface area contributed by atoms with Crippen molar-refractivity contribution in [3.8, 4) is 0 Å². The molecule has 6 heteroatoms. The van der Waals surface area contributed by atoms with Crippen molar-refractivity contribution >= 4 is 27.3 Å². The van der Waals surface area contributed by atoms with Crippen LogP contribution in [0.1, 0.15) is 19.3 Å². The Morgan fingerprint density at radius 2 is 1.85 bits per heavy atom. The fourth-order valence-corrected chi connectivity index (χ4v) is 6.16. The Balaban J connectivity index is 1.58. The summed E-state index contributed by atoms with van der Waals surface area (Å²) >= 11 is 5.88. The number of nitrogens with one attached hydrogen (secondary N) is 1. The molecule has 4 unspecified atom stereocenters. The largest absolute Gasteiger partial charge is 0.398 e. The monoisotopic (exact) mass is 312 g/mol. The van der Waals surface area contributed by atoms with E-state index in [1.165, 1.54) is 31.4 Å². The van der Waals surface area contributed by atoms with Gasteiger partial charge in [0.15, 0.2) is 0 Å². The third-order valence-corrected chi connectivity index (χ3v) is 7.04. The van der Waals surface area contributed by atoms with Crippen molar-refractivity contribution in [1.29, 1.82) is 0 Å². The van der Waals surface area contributed by atoms with E-state index in [0.717, 1.165) is 11.8 Å². The molecule has 0 aromatic heterocycles. The van der Waals surface area contributed by atoms with Crippen molar-refractivity contribution in [1.82, 2.24) is 4.72 Å². The summed E-state index contributed by atoms with van der Waals surface area (Å²) in [4.78, 5) is 0.0994. The molecule has 4 atom stereocenters. The molecule has 0 aliphatic heterocycles. The fraction of sp³-hybridized carbons (Fsp3) is 0.571. The summed E-state index contributed by atoms with van der Waals surface area (Å²) in [5.74, 6) is 2.58. The van der Waals surface area contributed by atoms with Crippen LogP contribution in [0.3, 0.4) is 0 Å². The lowest BCUT2D eigenvalue weighted by Crippen LogP contribution is -2.30. The van der Waals surface area contributed by atoms with Crippen LogP contribution in [-0.2, 0) is 10.0 Å². The minimum absolute atomic E-state index is 0.0994. The average molecular weight is 313 g/mol. The van der Waals surface area contributed by atoms with Gasteiger partial charge in [0.1, 0.15) is 4.90 Å². The number of nitrogen functional groups attached to an aromatic ring is 1. The van der Waals surface area contributed by atoms with E-state index in [1.807, 2.05) is 0 Å². The first-order chi connectivity index (χ1) is 9.47. The summed E-state index contributed by atoms with van der Waals surface area (Å²) in [6.45, 7) is 0. The van der Waals surface area contributed by atoms with Crippen molar-refractivity contribution in [2.75, 3.05) is 5.73 Å². The highest BCUT2D eigenvalue weighted by Gasteiger charge is 2.65. The summed E-state index contributed by atoms with van der Waals surface area (Å²) in [7, 11) is -3.57. The second kappa shape index (κ2) is 4.12. The molecule has 0 saturated heterocycles. The highest BCUT2D eigenvalue weighted by atomic mass is 35.5. The third kappa shape index (κ3) is 1.80. The molecular formula is C14H17ClN2O2S. The van der Waals surface area contributed by atoms with Gasteiger partial charge < -0.3 is 5.73 Å². The van der Waals surface area contributed by atoms with Gasteiger partial charge in [-0.15, -0.1) is 0 Å². The van der Waals surface area contributed by atoms with Crippen molar-refractivity contribution < 1.29 is 8.42 Å². The quantitative estimate of drug-likeness (QED) is 0.841. The molecule has 20 heavy (non-hydrogen) atoms. The predicted molar refractivity (Wildman–Crippen MR) is 77.8 cm³/mol. The number of hydrogen-bond donors (Lipinski definition) is 2. The zero-order chi connectivity index (χ0) is 14.1. The molecule has 3 aliphatic carbocycles. The second-order valence-electron chi connectivity index (χ2n) is 6.32. The first-order valence-corrected chi connectivity index (χ1v) is 8.91. The van der Waals surface area contributed by atoms with Gasteiger partial charge in [0.05, 0.1) is 5.69 Å². The van der Waals surface area contributed by atoms with Crippen LogP contribution in [0.25, 0.3) is 0 Å². The maximum absolute atomic E-state index is 12.5. The molecule has 1 aromatic carbocycles. The number of anilines is 1. The molecule has 3 fully saturated rings. The molecular weight excluding hydrogens is 296 g/mol. The van der Waals surface area contributed by atoms with Crippen LogP contribution >= 0.6 is 11.6 Å². The van der Waals surface area contributed by atoms with Crippen molar-refractivity contribution in [2.45, 2.75) is 30.2 Å². The molecule has 2 bridgehead atoms. The van der Waals surface area contributed by atoms with E-state index in [9.17, 15) is 8.42 Å². The second-order valence-corrected chi connectivity index (χ2v) is 8.44. The minimum Gasteiger partial charge on any atom is -0.398 e. The first-order valence-electron chi connectivity index (χ1n) is 7.05. The van der Waals surface area contributed by atoms with Gasteiger partial charge in [-0.3, -0.25) is 0 Å². The van der Waals surface area contributed by atoms with E-state index in [2.05, 4.69) is 4.72 Å². The zero-order valence-electron chi connectivity index (χ0n) is 10.9. The third-order valence-electron chi connectivity index (χ3n) is 5.29. The lowest BCUT2D eigenvalue weighted by Gasteiger charge is -2.12. The number of hydrogen-bond acceptors (Lipinski definition) is 3. The van der Waals surface area contributed by atoms with E-state index in [-0.39, 0.29) is 16.6 Å². The summed E-state index contributed by atoms with van der Waals surface area (Å²) in [6.07, 6.45) is 3.83. The Morgan fingerprint density at radius 1 is 1.20 bits per heavy atom. The predicted octanol–water partition coefficient (Wildman–Crippen LogP) is 2.25. The summed E-state index contributed by atoms with van der Waals surface area (Å²) < 4.78 is 27.8. The SMILES string of the molecule is Nc1ccc(Cl)cc1S(=O)(=O)NC1C2C3CCC(C3)C12. The molecule has 0 amide bonds. The molecule has 4 rings (SSSR count).